The maximum Gasteiger partial charge on any atom is 0.306 e. The Hall–Kier alpha value is -6.37. The van der Waals surface area contributed by atoms with Crippen molar-refractivity contribution in [2.45, 2.75) is 292 Å². The number of esters is 11. The summed E-state index contributed by atoms with van der Waals surface area (Å²) in [4.78, 5) is 141. The fraction of sp³-hybridized carbons (Fsp3) is 0.809. The molecule has 29 heteroatoms. The molecular weight excluding hydrogens is 1280 g/mol. The van der Waals surface area contributed by atoms with E-state index in [2.05, 4.69) is 27.7 Å². The lowest BCUT2D eigenvalue weighted by molar-refractivity contribution is -0.377. The second kappa shape index (κ2) is 30.2. The van der Waals surface area contributed by atoms with E-state index in [0.29, 0.717) is 32.1 Å². The predicted octanol–water partition coefficient (Wildman–Crippen LogP) is 5.63. The molecule has 5 aliphatic heterocycles. The Bertz CT molecular complexity index is 3010. The summed E-state index contributed by atoms with van der Waals surface area (Å²) in [5.41, 5.74) is -2.32. The molecule has 0 radical (unpaired) electrons. The van der Waals surface area contributed by atoms with Gasteiger partial charge in [0, 0.05) is 81.1 Å². The van der Waals surface area contributed by atoms with E-state index in [1.54, 1.807) is 0 Å². The minimum absolute atomic E-state index is 0.0247. The number of hydrogen-bond acceptors (Lipinski definition) is 29. The SMILES string of the molecule is CC(=O)OC[C@H]1O[C@@H](O[C@@H](C=C(C)C)C[C@]2(C)OC2[C@H]2CC[C@@H]3[C@@]4(C)CC[C@H](O[C@@H]5O[C@H](COC(C)=O)[C@@H](OC(C)=O)[C@H](OC(C)=O)[C@H]5O[C@@H]5O[C@@H](C)[C@H](OC(C)=O)[C@@H](OC(C)=O)[C@H]5OC(C)=O)C(C)(C)C4CC[C@@]3(C)[C@@]23COC(=O)C3)[C@H](OC(C)=O)[C@@H](OC(C)=O)[C@@H]1OC(C)=O. The van der Waals surface area contributed by atoms with Crippen LogP contribution in [0.15, 0.2) is 11.6 Å². The summed E-state index contributed by atoms with van der Waals surface area (Å²) >= 11 is 0. The monoisotopic (exact) mass is 1380 g/mol. The van der Waals surface area contributed by atoms with Gasteiger partial charge >= 0.3 is 65.7 Å². The molecule has 29 nitrogen and oxygen atoms in total. The minimum Gasteiger partial charge on any atom is -0.465 e. The van der Waals surface area contributed by atoms with Crippen LogP contribution < -0.4 is 0 Å². The van der Waals surface area contributed by atoms with Crippen LogP contribution in [0.4, 0.5) is 0 Å². The van der Waals surface area contributed by atoms with E-state index in [1.165, 1.54) is 20.8 Å². The number of ether oxygens (including phenoxy) is 18. The van der Waals surface area contributed by atoms with E-state index in [4.69, 9.17) is 85.3 Å². The smallest absolute Gasteiger partial charge is 0.306 e. The molecule has 0 aromatic rings. The van der Waals surface area contributed by atoms with Gasteiger partial charge in [0.1, 0.15) is 25.4 Å². The average molecular weight is 1380 g/mol. The molecule has 97 heavy (non-hydrogen) atoms. The first-order chi connectivity index (χ1) is 45.2. The minimum atomic E-state index is -1.70. The van der Waals surface area contributed by atoms with Crippen LogP contribution in [0.1, 0.15) is 176 Å². The van der Waals surface area contributed by atoms with Gasteiger partial charge in [0.15, 0.2) is 73.8 Å². The zero-order valence-corrected chi connectivity index (χ0v) is 58.8. The van der Waals surface area contributed by atoms with Crippen molar-refractivity contribution in [2.75, 3.05) is 19.8 Å². The molecule has 8 fully saturated rings. The lowest BCUT2D eigenvalue weighted by Crippen LogP contribution is -2.68. The van der Waals surface area contributed by atoms with Gasteiger partial charge in [-0.3, -0.25) is 52.7 Å². The number of carbonyl (C=O) groups is 11. The first kappa shape index (κ1) is 76.4. The number of carbonyl (C=O) groups excluding carboxylic acids is 11. The Balaban J connectivity index is 1.09. The van der Waals surface area contributed by atoms with E-state index in [9.17, 15) is 52.7 Å². The average Bonchev–Trinajstić information content (AvgIpc) is 1.64. The van der Waals surface area contributed by atoms with Gasteiger partial charge in [-0.2, -0.15) is 0 Å². The van der Waals surface area contributed by atoms with Gasteiger partial charge in [0.2, 0.25) is 0 Å². The first-order valence-electron chi connectivity index (χ1n) is 33.3. The molecule has 3 saturated carbocycles. The molecule has 5 heterocycles. The highest BCUT2D eigenvalue weighted by Crippen LogP contribution is 2.75. The summed E-state index contributed by atoms with van der Waals surface area (Å²) in [5.74, 6) is -8.41. The lowest BCUT2D eigenvalue weighted by Gasteiger charge is -2.70. The number of hydrogen-bond donors (Lipinski definition) is 0. The van der Waals surface area contributed by atoms with Crippen LogP contribution in [0.5, 0.6) is 0 Å². The highest BCUT2D eigenvalue weighted by atomic mass is 16.8. The van der Waals surface area contributed by atoms with Crippen LogP contribution in [0, 0.1) is 39.4 Å². The first-order valence-corrected chi connectivity index (χ1v) is 33.3. The maximum absolute atomic E-state index is 13.9. The van der Waals surface area contributed by atoms with Crippen LogP contribution in [0.2, 0.25) is 0 Å². The predicted molar refractivity (Wildman–Crippen MR) is 327 cm³/mol. The van der Waals surface area contributed by atoms with Crippen LogP contribution >= 0.6 is 0 Å². The molecular formula is C68H98O29. The van der Waals surface area contributed by atoms with E-state index in [0.717, 1.165) is 67.4 Å². The van der Waals surface area contributed by atoms with Gasteiger partial charge in [-0.25, -0.2) is 0 Å². The Morgan fingerprint density at radius 1 is 0.495 bits per heavy atom. The van der Waals surface area contributed by atoms with E-state index >= 15 is 0 Å². The van der Waals surface area contributed by atoms with Crippen molar-refractivity contribution < 1.29 is 138 Å². The van der Waals surface area contributed by atoms with Crippen LogP contribution in [0.25, 0.3) is 0 Å². The molecule has 3 aliphatic carbocycles. The number of rotatable bonds is 22. The Labute approximate surface area is 564 Å². The number of cyclic esters (lactones) is 1. The second-order valence-electron chi connectivity index (χ2n) is 28.8. The molecule has 2 unspecified atom stereocenters. The van der Waals surface area contributed by atoms with Crippen molar-refractivity contribution >= 4 is 65.7 Å². The van der Waals surface area contributed by atoms with E-state index < -0.39 is 211 Å². The number of fused-ring (bicyclic) bond motifs is 4. The van der Waals surface area contributed by atoms with Crippen molar-refractivity contribution in [3.63, 3.8) is 0 Å². The summed E-state index contributed by atoms with van der Waals surface area (Å²) in [6.45, 7) is 26.6. The standard InChI is InChI=1S/C68H98O29/c1-31(2)25-43(92-62-58(91-42(13)78)55(88-39(10)75)52(85-36(7)72)45(93-62)28-80-33(4)69)26-67(18)60(97-67)44-19-20-48-65(16)23-22-49(64(14,15)47(65)21-24-66(48,17)68(44)27-50(79)82-30-68)95-63-59(56(89-40(11)76)53(86-37(8)73)46(94-63)29-81-34(5)70)96-61-57(90-41(12)77)54(87-38(9)74)51(32(3)83-61)84-35(6)71/h25,32,43-49,51-63H,19-24,26-30H2,1-18H3/t32-,43-,44+,45+,46+,47?,48+,49-,51-,52+,53+,54+,55-,56-,57+,58+,59+,60?,61-,62+,63-,65-,66+,67-,68-/m0/s1. The highest BCUT2D eigenvalue weighted by Gasteiger charge is 2.75. The van der Waals surface area contributed by atoms with E-state index in [-0.39, 0.29) is 43.2 Å². The molecule has 0 amide bonds. The molecule has 0 aromatic carbocycles. The molecule has 1 spiro atoms. The molecule has 0 aromatic heterocycles. The number of allylic oxidation sites excluding steroid dienone is 1. The second-order valence-corrected chi connectivity index (χ2v) is 28.8. The lowest BCUT2D eigenvalue weighted by atomic mass is 9.34. The summed E-state index contributed by atoms with van der Waals surface area (Å²) in [5, 5.41) is 0. The van der Waals surface area contributed by atoms with Gasteiger partial charge < -0.3 is 85.3 Å². The van der Waals surface area contributed by atoms with Crippen LogP contribution in [-0.4, -0.2) is 202 Å². The summed E-state index contributed by atoms with van der Waals surface area (Å²) < 4.78 is 110. The van der Waals surface area contributed by atoms with Gasteiger partial charge in [-0.1, -0.05) is 39.3 Å². The third-order valence-electron chi connectivity index (χ3n) is 21.1. The largest absolute Gasteiger partial charge is 0.465 e. The Morgan fingerprint density at radius 2 is 0.948 bits per heavy atom. The Kier molecular flexibility index (Phi) is 23.8. The topological polar surface area (TPSA) is 357 Å². The van der Waals surface area contributed by atoms with E-state index in [1.807, 2.05) is 26.8 Å². The Morgan fingerprint density at radius 3 is 1.43 bits per heavy atom. The fourth-order valence-electron chi connectivity index (χ4n) is 17.5. The summed E-state index contributed by atoms with van der Waals surface area (Å²) in [6, 6.07) is 0. The van der Waals surface area contributed by atoms with Crippen molar-refractivity contribution in [2.24, 2.45) is 39.4 Å². The van der Waals surface area contributed by atoms with Gasteiger partial charge in [0.05, 0.1) is 43.0 Å². The van der Waals surface area contributed by atoms with Crippen molar-refractivity contribution in [1.29, 1.82) is 0 Å². The maximum atomic E-state index is 13.9. The van der Waals surface area contributed by atoms with Gasteiger partial charge in [-0.05, 0) is 100 Å². The van der Waals surface area contributed by atoms with Crippen LogP contribution in [-0.2, 0) is 138 Å². The molecule has 544 valence electrons. The fourth-order valence-corrected chi connectivity index (χ4v) is 17.5. The third-order valence-corrected chi connectivity index (χ3v) is 21.1. The molecule has 5 saturated heterocycles. The zero-order chi connectivity index (χ0) is 71.8. The molecule has 8 rings (SSSR count). The highest BCUT2D eigenvalue weighted by molar-refractivity contribution is 5.73. The third kappa shape index (κ3) is 16.8. The van der Waals surface area contributed by atoms with Gasteiger partial charge in [-0.15, -0.1) is 0 Å². The summed E-state index contributed by atoms with van der Waals surface area (Å²) in [7, 11) is 0. The molecule has 0 bridgehead atoms. The molecule has 0 N–H and O–H groups in total. The zero-order valence-electron chi connectivity index (χ0n) is 58.8. The van der Waals surface area contributed by atoms with Crippen molar-refractivity contribution in [3.05, 3.63) is 11.6 Å². The van der Waals surface area contributed by atoms with Crippen molar-refractivity contribution in [3.8, 4) is 0 Å². The quantitative estimate of drug-likeness (QED) is 0.0416. The van der Waals surface area contributed by atoms with Crippen molar-refractivity contribution in [1.82, 2.24) is 0 Å². The summed E-state index contributed by atoms with van der Waals surface area (Å²) in [6.07, 6.45) is -17.8. The normalized spacial score (nSPS) is 39.7. The van der Waals surface area contributed by atoms with Crippen LogP contribution in [0.3, 0.4) is 0 Å². The molecule has 8 aliphatic rings. The molecule has 25 atom stereocenters. The van der Waals surface area contributed by atoms with Gasteiger partial charge in [0.25, 0.3) is 0 Å². The number of epoxide rings is 1.